The van der Waals surface area contributed by atoms with Gasteiger partial charge in [0.1, 0.15) is 5.75 Å². The van der Waals surface area contributed by atoms with Crippen LogP contribution in [-0.2, 0) is 11.4 Å². The summed E-state index contributed by atoms with van der Waals surface area (Å²) in [6, 6.07) is 0. The van der Waals surface area contributed by atoms with E-state index in [2.05, 4.69) is 0 Å². The molecule has 2 atom stereocenters. The van der Waals surface area contributed by atoms with Gasteiger partial charge in [0.2, 0.25) is 0 Å². The Morgan fingerprint density at radius 2 is 2.33 bits per heavy atom. The summed E-state index contributed by atoms with van der Waals surface area (Å²) in [6.45, 7) is 3.93. The third-order valence-electron chi connectivity index (χ3n) is 0.948. The van der Waals surface area contributed by atoms with Crippen LogP contribution in [0.2, 0.25) is 0 Å². The van der Waals surface area contributed by atoms with Crippen molar-refractivity contribution in [2.45, 2.75) is 13.8 Å². The molecule has 9 heavy (non-hydrogen) atoms. The Morgan fingerprint density at radius 3 is 2.67 bits per heavy atom. The molecule has 0 bridgehead atoms. The topological polar surface area (TPSA) is 49.1 Å². The fraction of sp³-hybridized carbons (Fsp3) is 0.667. The lowest BCUT2D eigenvalue weighted by Crippen LogP contribution is -2.20. The molecule has 2 N–H and O–H groups in total. The maximum Gasteiger partial charge on any atom is 0.131 e. The van der Waals surface area contributed by atoms with Gasteiger partial charge < -0.3 is 4.55 Å². The molecule has 0 rings (SSSR count). The normalized spacial score (nSPS) is 18.2. The third kappa shape index (κ3) is 5.89. The zero-order valence-corrected chi connectivity index (χ0v) is 6.65. The highest BCUT2D eigenvalue weighted by Crippen LogP contribution is 1.98. The fourth-order valence-electron chi connectivity index (χ4n) is 0.643. The van der Waals surface area contributed by atoms with Crippen LogP contribution in [0.25, 0.3) is 0 Å². The van der Waals surface area contributed by atoms with E-state index in [1.807, 2.05) is 26.0 Å². The fourth-order valence-corrected chi connectivity index (χ4v) is 1.27. The van der Waals surface area contributed by atoms with Gasteiger partial charge in [-0.15, -0.1) is 0 Å². The quantitative estimate of drug-likeness (QED) is 0.474. The van der Waals surface area contributed by atoms with Crippen molar-refractivity contribution in [3.63, 3.8) is 0 Å². The first kappa shape index (κ1) is 9.01. The molecule has 0 spiro atoms. The molecule has 2 nitrogen and oxygen atoms in total. The van der Waals surface area contributed by atoms with Gasteiger partial charge in [0.25, 0.3) is 0 Å². The van der Waals surface area contributed by atoms with Crippen molar-refractivity contribution in [1.29, 1.82) is 0 Å². The zero-order chi connectivity index (χ0) is 7.28. The lowest BCUT2D eigenvalue weighted by molar-refractivity contribution is 0.589. The molecule has 0 heterocycles. The van der Waals surface area contributed by atoms with Crippen molar-refractivity contribution in [2.75, 3.05) is 5.75 Å². The van der Waals surface area contributed by atoms with Crippen LogP contribution in [0.5, 0.6) is 0 Å². The van der Waals surface area contributed by atoms with E-state index in [0.29, 0.717) is 11.7 Å². The molecule has 0 aromatic carbocycles. The summed E-state index contributed by atoms with van der Waals surface area (Å²) in [5.74, 6) is 0.894. The summed E-state index contributed by atoms with van der Waals surface area (Å²) in [5, 5.41) is 5.06. The van der Waals surface area contributed by atoms with E-state index in [9.17, 15) is 4.55 Å². The molecule has 0 radical (unpaired) electrons. The summed E-state index contributed by atoms with van der Waals surface area (Å²) in [6.07, 6.45) is 3.93. The van der Waals surface area contributed by atoms with Crippen LogP contribution in [-0.4, -0.2) is 10.3 Å². The van der Waals surface area contributed by atoms with Crippen molar-refractivity contribution in [1.82, 2.24) is 0 Å². The number of rotatable bonds is 3. The Bertz CT molecular complexity index is 93.1. The molecule has 54 valence electrons. The molecule has 0 fully saturated rings. The van der Waals surface area contributed by atoms with Gasteiger partial charge in [0.15, 0.2) is 0 Å². The minimum atomic E-state index is -1.15. The third-order valence-corrected chi connectivity index (χ3v) is 1.80. The summed E-state index contributed by atoms with van der Waals surface area (Å²) < 4.78 is 10.4. The highest BCUT2D eigenvalue weighted by atomic mass is 32.2. The van der Waals surface area contributed by atoms with Crippen LogP contribution in [0.3, 0.4) is 0 Å². The van der Waals surface area contributed by atoms with Gasteiger partial charge in [0, 0.05) is 17.3 Å². The maximum atomic E-state index is 10.4. The van der Waals surface area contributed by atoms with Crippen LogP contribution < -0.4 is 5.14 Å². The van der Waals surface area contributed by atoms with Gasteiger partial charge in [-0.2, -0.15) is 5.14 Å². The molecule has 0 saturated heterocycles. The highest BCUT2D eigenvalue weighted by molar-refractivity contribution is 7.89. The van der Waals surface area contributed by atoms with Crippen molar-refractivity contribution >= 4 is 11.4 Å². The molecule has 0 amide bonds. The molecule has 0 saturated carbocycles. The Balaban J connectivity index is 3.38. The average Bonchev–Trinajstić information content (AvgIpc) is 1.63. The minimum Gasteiger partial charge on any atom is -0.598 e. The van der Waals surface area contributed by atoms with E-state index < -0.39 is 11.4 Å². The smallest absolute Gasteiger partial charge is 0.131 e. The zero-order valence-electron chi connectivity index (χ0n) is 5.83. The van der Waals surface area contributed by atoms with E-state index in [1.54, 1.807) is 0 Å². The highest BCUT2D eigenvalue weighted by Gasteiger charge is 2.03. The number of hydrogen-bond acceptors (Lipinski definition) is 2. The molecule has 0 aliphatic heterocycles. The minimum absolute atomic E-state index is 0.334. The monoisotopic (exact) mass is 147 g/mol. The standard InChI is InChI=1S/C6H13NOS/c1-3-4-6(2)5-9(7)8/h3-4,6H,5,7H2,1-2H3. The van der Waals surface area contributed by atoms with Crippen molar-refractivity contribution in [2.24, 2.45) is 11.1 Å². The van der Waals surface area contributed by atoms with Gasteiger partial charge in [-0.25, -0.2) is 0 Å². The molecular weight excluding hydrogens is 134 g/mol. The van der Waals surface area contributed by atoms with E-state index in [0.717, 1.165) is 0 Å². The van der Waals surface area contributed by atoms with Crippen molar-refractivity contribution < 1.29 is 4.55 Å². The number of allylic oxidation sites excluding steroid dienone is 2. The Labute approximate surface area is 59.4 Å². The lowest BCUT2D eigenvalue weighted by Gasteiger charge is -2.05. The van der Waals surface area contributed by atoms with Crippen LogP contribution in [0.4, 0.5) is 0 Å². The summed E-state index contributed by atoms with van der Waals surface area (Å²) in [7, 11) is 0. The number of nitrogens with two attached hydrogens (primary N) is 1. The summed E-state index contributed by atoms with van der Waals surface area (Å²) in [4.78, 5) is 0. The Kier molecular flexibility index (Phi) is 4.85. The first-order valence-corrected chi connectivity index (χ1v) is 4.30. The van der Waals surface area contributed by atoms with Gasteiger partial charge in [-0.1, -0.05) is 19.1 Å². The molecule has 0 aromatic rings. The van der Waals surface area contributed by atoms with Crippen LogP contribution in [0, 0.1) is 5.92 Å². The average molecular weight is 147 g/mol. The second-order valence-corrected chi connectivity index (χ2v) is 3.15. The van der Waals surface area contributed by atoms with Gasteiger partial charge in [-0.3, -0.25) is 0 Å². The van der Waals surface area contributed by atoms with E-state index in [4.69, 9.17) is 5.14 Å². The second-order valence-electron chi connectivity index (χ2n) is 2.05. The largest absolute Gasteiger partial charge is 0.598 e. The lowest BCUT2D eigenvalue weighted by atomic mass is 10.2. The first-order chi connectivity index (χ1) is 4.16. The van der Waals surface area contributed by atoms with E-state index >= 15 is 0 Å². The Hall–Kier alpha value is 0.01000. The van der Waals surface area contributed by atoms with Crippen LogP contribution in [0.1, 0.15) is 13.8 Å². The second kappa shape index (κ2) is 4.85. The van der Waals surface area contributed by atoms with Gasteiger partial charge >= 0.3 is 0 Å². The van der Waals surface area contributed by atoms with Crippen LogP contribution >= 0.6 is 0 Å². The molecule has 0 aliphatic rings. The number of hydrogen-bond donors (Lipinski definition) is 1. The first-order valence-electron chi connectivity index (χ1n) is 2.92. The van der Waals surface area contributed by atoms with E-state index in [-0.39, 0.29) is 0 Å². The maximum absolute atomic E-state index is 10.4. The molecular formula is C6H13NOS. The molecule has 0 aromatic heterocycles. The van der Waals surface area contributed by atoms with Gasteiger partial charge in [-0.05, 0) is 6.92 Å². The van der Waals surface area contributed by atoms with Crippen LogP contribution in [0.15, 0.2) is 12.2 Å². The summed E-state index contributed by atoms with van der Waals surface area (Å²) >= 11 is -1.15. The van der Waals surface area contributed by atoms with Crippen molar-refractivity contribution in [3.05, 3.63) is 12.2 Å². The Morgan fingerprint density at radius 1 is 1.78 bits per heavy atom. The van der Waals surface area contributed by atoms with Gasteiger partial charge in [0.05, 0.1) is 0 Å². The van der Waals surface area contributed by atoms with E-state index in [1.165, 1.54) is 0 Å². The molecule has 2 unspecified atom stereocenters. The molecule has 0 aliphatic carbocycles. The summed E-state index contributed by atoms with van der Waals surface area (Å²) in [5.41, 5.74) is 0. The SMILES string of the molecule is CC=CC(C)C[S+](N)[O-]. The van der Waals surface area contributed by atoms with Crippen molar-refractivity contribution in [3.8, 4) is 0 Å². The molecule has 3 heteroatoms. The predicted octanol–water partition coefficient (Wildman–Crippen LogP) is 0.821. The predicted molar refractivity (Wildman–Crippen MR) is 41.2 cm³/mol.